The summed E-state index contributed by atoms with van der Waals surface area (Å²) in [4.78, 5) is 2.59. The van der Waals surface area contributed by atoms with Crippen LogP contribution in [0.15, 0.2) is 54.6 Å². The SMILES string of the molecule is C.c1ccc(-c2cccc(OCCCCCN3CCCC3)c2)cc1. The Kier molecular flexibility index (Phi) is 7.84. The number of rotatable bonds is 8. The van der Waals surface area contributed by atoms with Crippen LogP contribution in [0, 0.1) is 0 Å². The molecule has 0 atom stereocenters. The quantitative estimate of drug-likeness (QED) is 0.583. The number of hydrogen-bond donors (Lipinski definition) is 0. The molecule has 24 heavy (non-hydrogen) atoms. The van der Waals surface area contributed by atoms with Gasteiger partial charge in [0.05, 0.1) is 6.61 Å². The molecule has 1 aliphatic heterocycles. The van der Waals surface area contributed by atoms with Gasteiger partial charge >= 0.3 is 0 Å². The second kappa shape index (κ2) is 10.1. The van der Waals surface area contributed by atoms with Crippen molar-refractivity contribution in [1.82, 2.24) is 4.90 Å². The average molecular weight is 325 g/mol. The third kappa shape index (κ3) is 5.68. The first-order valence-electron chi connectivity index (χ1n) is 8.92. The molecule has 0 aliphatic carbocycles. The van der Waals surface area contributed by atoms with E-state index in [1.54, 1.807) is 0 Å². The molecule has 0 unspecified atom stereocenters. The van der Waals surface area contributed by atoms with Crippen molar-refractivity contribution in [2.75, 3.05) is 26.2 Å². The van der Waals surface area contributed by atoms with E-state index >= 15 is 0 Å². The second-order valence-corrected chi connectivity index (χ2v) is 6.35. The number of ether oxygens (including phenoxy) is 1. The standard InChI is InChI=1S/C21H27NO.CH4/c1-3-10-19(11-4-1)20-12-9-13-21(18-20)23-17-8-2-5-14-22-15-6-7-16-22;/h1,3-4,9-13,18H,2,5-8,14-17H2;1H4. The molecule has 1 aliphatic rings. The zero-order valence-electron chi connectivity index (χ0n) is 13.9. The minimum atomic E-state index is 0. The fourth-order valence-electron chi connectivity index (χ4n) is 3.21. The Hall–Kier alpha value is -1.80. The molecule has 1 saturated heterocycles. The van der Waals surface area contributed by atoms with Crippen molar-refractivity contribution in [3.63, 3.8) is 0 Å². The van der Waals surface area contributed by atoms with Crippen molar-refractivity contribution in [3.8, 4) is 16.9 Å². The van der Waals surface area contributed by atoms with E-state index in [2.05, 4.69) is 53.4 Å². The lowest BCUT2D eigenvalue weighted by Gasteiger charge is -2.14. The van der Waals surface area contributed by atoms with Gasteiger partial charge in [-0.3, -0.25) is 0 Å². The number of nitrogens with zero attached hydrogens (tertiary/aromatic N) is 1. The smallest absolute Gasteiger partial charge is 0.119 e. The maximum Gasteiger partial charge on any atom is 0.119 e. The molecule has 2 heteroatoms. The summed E-state index contributed by atoms with van der Waals surface area (Å²) in [6, 6.07) is 18.9. The van der Waals surface area contributed by atoms with Gasteiger partial charge < -0.3 is 9.64 Å². The van der Waals surface area contributed by atoms with E-state index in [0.29, 0.717) is 0 Å². The normalized spacial score (nSPS) is 14.3. The third-order valence-electron chi connectivity index (χ3n) is 4.53. The summed E-state index contributed by atoms with van der Waals surface area (Å²) in [5.41, 5.74) is 2.46. The molecule has 2 aromatic carbocycles. The van der Waals surface area contributed by atoms with E-state index in [0.717, 1.165) is 18.8 Å². The minimum Gasteiger partial charge on any atom is -0.494 e. The lowest BCUT2D eigenvalue weighted by molar-refractivity contribution is 0.290. The first-order valence-corrected chi connectivity index (χ1v) is 8.92. The zero-order valence-corrected chi connectivity index (χ0v) is 13.9. The second-order valence-electron chi connectivity index (χ2n) is 6.35. The van der Waals surface area contributed by atoms with Crippen LogP contribution < -0.4 is 4.74 Å². The van der Waals surface area contributed by atoms with E-state index in [1.807, 2.05) is 6.07 Å². The largest absolute Gasteiger partial charge is 0.494 e. The Labute approximate surface area is 147 Å². The van der Waals surface area contributed by atoms with Gasteiger partial charge in [0.2, 0.25) is 0 Å². The van der Waals surface area contributed by atoms with Crippen LogP contribution in [-0.4, -0.2) is 31.1 Å². The topological polar surface area (TPSA) is 12.5 Å². The van der Waals surface area contributed by atoms with Crippen molar-refractivity contribution in [1.29, 1.82) is 0 Å². The molecule has 2 aromatic rings. The lowest BCUT2D eigenvalue weighted by Crippen LogP contribution is -2.20. The van der Waals surface area contributed by atoms with E-state index in [9.17, 15) is 0 Å². The molecule has 130 valence electrons. The Bertz CT molecular complexity index is 576. The summed E-state index contributed by atoms with van der Waals surface area (Å²) in [6.45, 7) is 4.70. The van der Waals surface area contributed by atoms with Crippen LogP contribution in [0.25, 0.3) is 11.1 Å². The van der Waals surface area contributed by atoms with Gasteiger partial charge in [-0.1, -0.05) is 49.9 Å². The lowest BCUT2D eigenvalue weighted by atomic mass is 10.1. The van der Waals surface area contributed by atoms with E-state index in [4.69, 9.17) is 4.74 Å². The molecule has 0 saturated carbocycles. The average Bonchev–Trinajstić information content (AvgIpc) is 3.12. The molecule has 1 heterocycles. The van der Waals surface area contributed by atoms with Crippen LogP contribution in [-0.2, 0) is 0 Å². The van der Waals surface area contributed by atoms with Crippen LogP contribution in [0.2, 0.25) is 0 Å². The van der Waals surface area contributed by atoms with Gasteiger partial charge in [-0.05, 0) is 75.0 Å². The molecule has 0 spiro atoms. The van der Waals surface area contributed by atoms with Crippen LogP contribution in [0.5, 0.6) is 5.75 Å². The van der Waals surface area contributed by atoms with Crippen LogP contribution in [0.4, 0.5) is 0 Å². The van der Waals surface area contributed by atoms with Gasteiger partial charge in [-0.15, -0.1) is 0 Å². The molecular weight excluding hydrogens is 294 g/mol. The number of likely N-dealkylation sites (tertiary alicyclic amines) is 1. The number of benzene rings is 2. The summed E-state index contributed by atoms with van der Waals surface area (Å²) >= 11 is 0. The summed E-state index contributed by atoms with van der Waals surface area (Å²) in [5.74, 6) is 0.978. The van der Waals surface area contributed by atoms with Crippen LogP contribution in [0.3, 0.4) is 0 Å². The van der Waals surface area contributed by atoms with E-state index in [1.165, 1.54) is 56.4 Å². The summed E-state index contributed by atoms with van der Waals surface area (Å²) in [6.07, 6.45) is 6.48. The number of hydrogen-bond acceptors (Lipinski definition) is 2. The minimum absolute atomic E-state index is 0. The summed E-state index contributed by atoms with van der Waals surface area (Å²) in [7, 11) is 0. The predicted octanol–water partition coefficient (Wildman–Crippen LogP) is 5.63. The van der Waals surface area contributed by atoms with Gasteiger partial charge in [0.25, 0.3) is 0 Å². The van der Waals surface area contributed by atoms with Gasteiger partial charge in [0.1, 0.15) is 5.75 Å². The van der Waals surface area contributed by atoms with Gasteiger partial charge in [-0.25, -0.2) is 0 Å². The Morgan fingerprint density at radius 1 is 0.792 bits per heavy atom. The van der Waals surface area contributed by atoms with Crippen molar-refractivity contribution in [2.45, 2.75) is 39.5 Å². The monoisotopic (exact) mass is 325 g/mol. The Morgan fingerprint density at radius 2 is 1.54 bits per heavy atom. The van der Waals surface area contributed by atoms with Crippen molar-refractivity contribution >= 4 is 0 Å². The molecule has 2 nitrogen and oxygen atoms in total. The summed E-state index contributed by atoms with van der Waals surface area (Å²) < 4.78 is 5.93. The van der Waals surface area contributed by atoms with Crippen molar-refractivity contribution in [3.05, 3.63) is 54.6 Å². The van der Waals surface area contributed by atoms with E-state index in [-0.39, 0.29) is 7.43 Å². The summed E-state index contributed by atoms with van der Waals surface area (Å²) in [5, 5.41) is 0. The number of unbranched alkanes of at least 4 members (excludes halogenated alkanes) is 2. The predicted molar refractivity (Wildman–Crippen MR) is 104 cm³/mol. The van der Waals surface area contributed by atoms with Gasteiger partial charge in [0.15, 0.2) is 0 Å². The fourth-order valence-corrected chi connectivity index (χ4v) is 3.21. The van der Waals surface area contributed by atoms with Gasteiger partial charge in [-0.2, -0.15) is 0 Å². The highest BCUT2D eigenvalue weighted by Crippen LogP contribution is 2.23. The van der Waals surface area contributed by atoms with Crippen LogP contribution in [0.1, 0.15) is 39.5 Å². The van der Waals surface area contributed by atoms with Gasteiger partial charge in [0, 0.05) is 0 Å². The molecule has 1 fully saturated rings. The van der Waals surface area contributed by atoms with Crippen LogP contribution >= 0.6 is 0 Å². The third-order valence-corrected chi connectivity index (χ3v) is 4.53. The molecular formula is C22H31NO. The maximum atomic E-state index is 5.93. The molecule has 0 amide bonds. The highest BCUT2D eigenvalue weighted by Gasteiger charge is 2.09. The van der Waals surface area contributed by atoms with Crippen molar-refractivity contribution in [2.24, 2.45) is 0 Å². The zero-order chi connectivity index (χ0) is 15.7. The molecule has 0 radical (unpaired) electrons. The highest BCUT2D eigenvalue weighted by molar-refractivity contribution is 5.64. The van der Waals surface area contributed by atoms with Crippen molar-refractivity contribution < 1.29 is 4.74 Å². The molecule has 3 rings (SSSR count). The maximum absolute atomic E-state index is 5.93. The molecule has 0 N–H and O–H groups in total. The highest BCUT2D eigenvalue weighted by atomic mass is 16.5. The first-order chi connectivity index (χ1) is 11.4. The Balaban J connectivity index is 0.00000208. The van der Waals surface area contributed by atoms with E-state index < -0.39 is 0 Å². The Morgan fingerprint density at radius 3 is 2.33 bits per heavy atom. The molecule has 0 bridgehead atoms. The fraction of sp³-hybridized carbons (Fsp3) is 0.455. The first kappa shape index (κ1) is 18.5. The molecule has 0 aromatic heterocycles.